The number of nitrogens with one attached hydrogen (secondary N) is 1. The highest BCUT2D eigenvalue weighted by Crippen LogP contribution is 2.18. The molecular weight excluding hydrogens is 514 g/mol. The minimum Gasteiger partial charge on any atom is -0.480 e. The number of aromatic nitrogens is 1. The number of aromatic amines is 1. The predicted molar refractivity (Wildman–Crippen MR) is 146 cm³/mol. The zero-order valence-corrected chi connectivity index (χ0v) is 22.7. The Morgan fingerprint density at radius 3 is 1.59 bits per heavy atom. The minimum absolute atomic E-state index is 0.0208. The molecule has 0 aliphatic rings. The molecule has 0 bridgehead atoms. The molecule has 222 valence electrons. The van der Waals surface area contributed by atoms with E-state index in [0.717, 1.165) is 22.9 Å². The summed E-state index contributed by atoms with van der Waals surface area (Å²) in [5, 5.41) is 42.2. The van der Waals surface area contributed by atoms with E-state index < -0.39 is 54.7 Å². The maximum Gasteiger partial charge on any atom is 0.322 e. The second-order valence-corrected chi connectivity index (χ2v) is 8.99. The number of nitrogens with two attached hydrogens (primary N) is 4. The number of carboxylic acids is 4. The summed E-state index contributed by atoms with van der Waals surface area (Å²) >= 11 is 0. The number of fused-ring (bicyclic) bond motifs is 1. The van der Waals surface area contributed by atoms with Crippen LogP contribution in [-0.4, -0.2) is 85.2 Å². The van der Waals surface area contributed by atoms with Gasteiger partial charge in [0, 0.05) is 23.5 Å². The van der Waals surface area contributed by atoms with Crippen molar-refractivity contribution in [3.63, 3.8) is 0 Å². The molecule has 0 amide bonds. The number of hydrogen-bond acceptors (Lipinski definition) is 9. The summed E-state index contributed by atoms with van der Waals surface area (Å²) < 4.78 is 0. The summed E-state index contributed by atoms with van der Waals surface area (Å²) in [5.41, 5.74) is 22.6. The molecule has 0 saturated carbocycles. The van der Waals surface area contributed by atoms with E-state index >= 15 is 0 Å². The molecule has 0 fully saturated rings. The van der Waals surface area contributed by atoms with Crippen LogP contribution in [0.15, 0.2) is 30.5 Å². The summed E-state index contributed by atoms with van der Waals surface area (Å²) in [5.74, 6) is -3.90. The van der Waals surface area contributed by atoms with Crippen molar-refractivity contribution >= 4 is 34.8 Å². The van der Waals surface area contributed by atoms with Gasteiger partial charge in [-0.15, -0.1) is 0 Å². The lowest BCUT2D eigenvalue weighted by Crippen LogP contribution is -2.36. The number of hydrogen-bond donors (Lipinski definition) is 10. The van der Waals surface area contributed by atoms with Crippen molar-refractivity contribution in [2.45, 2.75) is 64.7 Å². The second kappa shape index (κ2) is 19.5. The van der Waals surface area contributed by atoms with Crippen LogP contribution in [0.3, 0.4) is 0 Å². The van der Waals surface area contributed by atoms with Gasteiger partial charge in [0.1, 0.15) is 24.2 Å². The zero-order valence-electron chi connectivity index (χ0n) is 22.7. The van der Waals surface area contributed by atoms with Crippen molar-refractivity contribution in [3.05, 3.63) is 36.0 Å². The van der Waals surface area contributed by atoms with Crippen LogP contribution >= 0.6 is 0 Å². The first-order valence-corrected chi connectivity index (χ1v) is 12.1. The van der Waals surface area contributed by atoms with Gasteiger partial charge >= 0.3 is 23.9 Å². The number of rotatable bonds is 10. The van der Waals surface area contributed by atoms with Crippen molar-refractivity contribution in [3.8, 4) is 0 Å². The van der Waals surface area contributed by atoms with Gasteiger partial charge in [-0.05, 0) is 23.5 Å². The summed E-state index contributed by atoms with van der Waals surface area (Å²) in [6.07, 6.45) is 2.97. The molecule has 39 heavy (non-hydrogen) atoms. The highest BCUT2D eigenvalue weighted by Gasteiger charge is 2.17. The van der Waals surface area contributed by atoms with Gasteiger partial charge in [0.25, 0.3) is 0 Å². The van der Waals surface area contributed by atoms with Gasteiger partial charge in [0.2, 0.25) is 0 Å². The Kier molecular flexibility index (Phi) is 18.8. The van der Waals surface area contributed by atoms with Crippen LogP contribution in [0.1, 0.15) is 39.7 Å². The van der Waals surface area contributed by atoms with E-state index in [1.165, 1.54) is 0 Å². The van der Waals surface area contributed by atoms with Gasteiger partial charge in [-0.2, -0.15) is 0 Å². The van der Waals surface area contributed by atoms with Crippen LogP contribution in [0.25, 0.3) is 10.9 Å². The molecule has 0 saturated heterocycles. The third-order valence-electron chi connectivity index (χ3n) is 5.49. The Balaban J connectivity index is 0. The van der Waals surface area contributed by atoms with Crippen LogP contribution in [0, 0.1) is 11.8 Å². The summed E-state index contributed by atoms with van der Waals surface area (Å²) in [7, 11) is 0. The molecule has 0 radical (unpaired) electrons. The molecule has 14 heteroatoms. The van der Waals surface area contributed by atoms with Crippen LogP contribution in [0.5, 0.6) is 0 Å². The van der Waals surface area contributed by atoms with E-state index in [0.29, 0.717) is 6.42 Å². The predicted octanol–water partition coefficient (Wildman–Crippen LogP) is 0.0116. The van der Waals surface area contributed by atoms with Crippen molar-refractivity contribution in [2.24, 2.45) is 34.8 Å². The normalized spacial score (nSPS) is 14.1. The maximum absolute atomic E-state index is 10.6. The number of para-hydroxylation sites is 1. The molecule has 1 aromatic carbocycles. The fraction of sp³-hybridized carbons (Fsp3) is 0.520. The summed E-state index contributed by atoms with van der Waals surface area (Å²) in [4.78, 5) is 43.5. The SMILES string of the molecule is CC(C)C(N)C(=O)O.CCC(C)C(N)C(=O)O.NC(CO)C(=O)O.NC(Cc1c[nH]c2ccccc12)C(=O)O. The molecule has 1 heterocycles. The number of carbonyl (C=O) groups is 4. The van der Waals surface area contributed by atoms with E-state index in [-0.39, 0.29) is 11.8 Å². The quantitative estimate of drug-likeness (QED) is 0.184. The number of carboxylic acid groups (broad SMARTS) is 4. The molecule has 14 N–H and O–H groups in total. The lowest BCUT2D eigenvalue weighted by molar-refractivity contribution is -0.140. The van der Waals surface area contributed by atoms with Crippen molar-refractivity contribution < 1.29 is 44.7 Å². The van der Waals surface area contributed by atoms with Gasteiger partial charge in [-0.3, -0.25) is 19.2 Å². The smallest absolute Gasteiger partial charge is 0.322 e. The number of aliphatic hydroxyl groups is 1. The molecule has 5 atom stereocenters. The van der Waals surface area contributed by atoms with E-state index in [4.69, 9.17) is 48.5 Å². The van der Waals surface area contributed by atoms with Crippen LogP contribution < -0.4 is 22.9 Å². The molecule has 0 aliphatic carbocycles. The van der Waals surface area contributed by atoms with E-state index in [2.05, 4.69) is 4.98 Å². The van der Waals surface area contributed by atoms with Gasteiger partial charge in [-0.25, -0.2) is 0 Å². The monoisotopic (exact) mass is 557 g/mol. The zero-order chi connectivity index (χ0) is 30.9. The first kappa shape index (κ1) is 37.6. The fourth-order valence-corrected chi connectivity index (χ4v) is 2.49. The van der Waals surface area contributed by atoms with Gasteiger partial charge in [0.05, 0.1) is 6.61 Å². The van der Waals surface area contributed by atoms with Crippen molar-refractivity contribution in [1.82, 2.24) is 4.98 Å². The number of benzene rings is 1. The molecule has 2 rings (SSSR count). The Labute approximate surface area is 227 Å². The second-order valence-electron chi connectivity index (χ2n) is 8.99. The third kappa shape index (κ3) is 15.4. The lowest BCUT2D eigenvalue weighted by atomic mass is 10.0. The molecule has 1 aromatic heterocycles. The highest BCUT2D eigenvalue weighted by molar-refractivity contribution is 5.84. The van der Waals surface area contributed by atoms with Crippen LogP contribution in [0.4, 0.5) is 0 Å². The Morgan fingerprint density at radius 1 is 0.795 bits per heavy atom. The number of aliphatic carboxylic acids is 4. The Bertz CT molecular complexity index is 1030. The Hall–Kier alpha value is -3.56. The van der Waals surface area contributed by atoms with Crippen LogP contribution in [0.2, 0.25) is 0 Å². The van der Waals surface area contributed by atoms with Gasteiger partial charge in [-0.1, -0.05) is 52.3 Å². The maximum atomic E-state index is 10.6. The van der Waals surface area contributed by atoms with Gasteiger partial charge in [0.15, 0.2) is 0 Å². The topological polar surface area (TPSA) is 289 Å². The average Bonchev–Trinajstić information content (AvgIpc) is 3.30. The molecule has 5 unspecified atom stereocenters. The number of H-pyrrole nitrogens is 1. The van der Waals surface area contributed by atoms with Crippen molar-refractivity contribution in [2.75, 3.05) is 6.61 Å². The minimum atomic E-state index is -1.18. The lowest BCUT2D eigenvalue weighted by Gasteiger charge is -2.11. The first-order valence-electron chi connectivity index (χ1n) is 12.1. The fourth-order valence-electron chi connectivity index (χ4n) is 2.49. The van der Waals surface area contributed by atoms with E-state index in [9.17, 15) is 19.2 Å². The molecule has 0 spiro atoms. The highest BCUT2D eigenvalue weighted by atomic mass is 16.4. The largest absolute Gasteiger partial charge is 0.480 e. The molecule has 14 nitrogen and oxygen atoms in total. The third-order valence-corrected chi connectivity index (χ3v) is 5.49. The van der Waals surface area contributed by atoms with Gasteiger partial charge < -0.3 is 53.5 Å². The molecule has 2 aromatic rings. The molecule has 0 aliphatic heterocycles. The Morgan fingerprint density at radius 2 is 1.28 bits per heavy atom. The van der Waals surface area contributed by atoms with Crippen molar-refractivity contribution in [1.29, 1.82) is 0 Å². The average molecular weight is 558 g/mol. The van der Waals surface area contributed by atoms with Crippen LogP contribution in [-0.2, 0) is 25.6 Å². The summed E-state index contributed by atoms with van der Waals surface area (Å²) in [6, 6.07) is 4.38. The molecular formula is C25H43N5O9. The standard InChI is InChI=1S/C11H12N2O2.C6H13NO2.C5H11NO2.C3H7NO3/c12-9(11(14)15)5-7-6-13-10-4-2-1-3-8(7)10;1-3-4(2)5(7)6(8)9;1-3(2)4(6)5(7)8;4-2(1-5)3(6)7/h1-4,6,9,13H,5,12H2,(H,14,15);4-5H,3,7H2,1-2H3,(H,8,9);3-4H,6H2,1-2H3,(H,7,8);2,5H,1,4H2,(H,6,7). The van der Waals surface area contributed by atoms with E-state index in [1.54, 1.807) is 13.8 Å². The van der Waals surface area contributed by atoms with E-state index in [1.807, 2.05) is 44.3 Å². The number of aliphatic hydroxyl groups excluding tert-OH is 1. The summed E-state index contributed by atoms with van der Waals surface area (Å²) in [6.45, 7) is 6.80. The first-order chi connectivity index (χ1) is 18.0.